The molecule has 0 bridgehead atoms. The first-order chi connectivity index (χ1) is 13.7. The topological polar surface area (TPSA) is 132 Å². The van der Waals surface area contributed by atoms with Crippen LogP contribution in [0.3, 0.4) is 0 Å². The third-order valence-electron chi connectivity index (χ3n) is 5.13. The molecule has 9 heteroatoms. The number of carbonyl (C=O) groups is 1. The van der Waals surface area contributed by atoms with E-state index in [-0.39, 0.29) is 24.4 Å². The van der Waals surface area contributed by atoms with Crippen molar-refractivity contribution in [3.8, 4) is 5.75 Å². The Morgan fingerprint density at radius 2 is 2.10 bits per heavy atom. The number of nitrogens with two attached hydrogens (primary N) is 2. The van der Waals surface area contributed by atoms with Crippen molar-refractivity contribution in [2.75, 3.05) is 30.0 Å². The first kappa shape index (κ1) is 20.8. The van der Waals surface area contributed by atoms with E-state index in [2.05, 4.69) is 20.3 Å². The molecule has 1 amide bonds. The number of anilines is 3. The SMILES string of the molecule is CN(C)c1nc(N)nc(COc2cccc(NC(=O)C3CCCCC3(C)N)c2)n1. The van der Waals surface area contributed by atoms with Crippen LogP contribution in [0.25, 0.3) is 0 Å². The standard InChI is InChI=1S/C20H29N7O2/c1-20(22)10-5-4-9-15(20)17(28)23-13-7-6-8-14(11-13)29-12-16-24-18(21)26-19(25-16)27(2)3/h6-8,11,15H,4-5,9-10,12,22H2,1-3H3,(H,23,28)(H2,21,24,25,26). The lowest BCUT2D eigenvalue weighted by atomic mass is 9.74. The molecule has 29 heavy (non-hydrogen) atoms. The van der Waals surface area contributed by atoms with Crippen LogP contribution >= 0.6 is 0 Å². The summed E-state index contributed by atoms with van der Waals surface area (Å²) in [7, 11) is 3.65. The van der Waals surface area contributed by atoms with Crippen LogP contribution in [-0.4, -0.2) is 40.5 Å². The van der Waals surface area contributed by atoms with Crippen LogP contribution in [0.15, 0.2) is 24.3 Å². The zero-order valence-corrected chi connectivity index (χ0v) is 17.2. The van der Waals surface area contributed by atoms with Crippen LogP contribution in [0, 0.1) is 5.92 Å². The number of hydrogen-bond acceptors (Lipinski definition) is 8. The van der Waals surface area contributed by atoms with Gasteiger partial charge in [0.2, 0.25) is 17.8 Å². The van der Waals surface area contributed by atoms with E-state index in [1.165, 1.54) is 0 Å². The van der Waals surface area contributed by atoms with Crippen LogP contribution in [0.1, 0.15) is 38.4 Å². The van der Waals surface area contributed by atoms with Gasteiger partial charge >= 0.3 is 0 Å². The first-order valence-corrected chi connectivity index (χ1v) is 9.75. The molecule has 0 saturated heterocycles. The van der Waals surface area contributed by atoms with Gasteiger partial charge in [0, 0.05) is 31.4 Å². The van der Waals surface area contributed by atoms with E-state index in [4.69, 9.17) is 16.2 Å². The summed E-state index contributed by atoms with van der Waals surface area (Å²) in [5, 5.41) is 2.97. The third kappa shape index (κ3) is 5.32. The Bertz CT molecular complexity index is 870. The van der Waals surface area contributed by atoms with Gasteiger partial charge in [-0.3, -0.25) is 4.79 Å². The fraction of sp³-hybridized carbons (Fsp3) is 0.500. The van der Waals surface area contributed by atoms with Crippen molar-refractivity contribution < 1.29 is 9.53 Å². The summed E-state index contributed by atoms with van der Waals surface area (Å²) in [5.74, 6) is 1.38. The van der Waals surface area contributed by atoms with Crippen molar-refractivity contribution in [3.05, 3.63) is 30.1 Å². The number of aromatic nitrogens is 3. The minimum atomic E-state index is -0.473. The minimum Gasteiger partial charge on any atom is -0.486 e. The molecule has 1 aliphatic rings. The molecule has 9 nitrogen and oxygen atoms in total. The number of nitrogens with one attached hydrogen (secondary N) is 1. The predicted molar refractivity (Wildman–Crippen MR) is 113 cm³/mol. The average molecular weight is 399 g/mol. The van der Waals surface area contributed by atoms with Gasteiger partial charge in [-0.1, -0.05) is 18.9 Å². The van der Waals surface area contributed by atoms with Gasteiger partial charge in [-0.25, -0.2) is 0 Å². The second-order valence-electron chi connectivity index (χ2n) is 7.91. The highest BCUT2D eigenvalue weighted by Gasteiger charge is 2.37. The van der Waals surface area contributed by atoms with Crippen molar-refractivity contribution in [3.63, 3.8) is 0 Å². The fourth-order valence-electron chi connectivity index (χ4n) is 3.52. The Labute approximate surface area is 170 Å². The van der Waals surface area contributed by atoms with Crippen LogP contribution in [0.4, 0.5) is 17.6 Å². The van der Waals surface area contributed by atoms with Crippen molar-refractivity contribution in [1.82, 2.24) is 15.0 Å². The molecule has 1 aromatic heterocycles. The van der Waals surface area contributed by atoms with Crippen LogP contribution in [-0.2, 0) is 11.4 Å². The molecule has 156 valence electrons. The van der Waals surface area contributed by atoms with Crippen molar-refractivity contribution in [2.24, 2.45) is 11.7 Å². The maximum Gasteiger partial charge on any atom is 0.230 e. The molecular formula is C20H29N7O2. The Morgan fingerprint density at radius 3 is 2.83 bits per heavy atom. The molecular weight excluding hydrogens is 370 g/mol. The van der Waals surface area contributed by atoms with E-state index in [0.717, 1.165) is 25.7 Å². The summed E-state index contributed by atoms with van der Waals surface area (Å²) in [4.78, 5) is 26.9. The number of ether oxygens (including phenoxy) is 1. The van der Waals surface area contributed by atoms with E-state index in [0.29, 0.717) is 23.2 Å². The number of carbonyl (C=O) groups excluding carboxylic acids is 1. The van der Waals surface area contributed by atoms with Crippen LogP contribution in [0.5, 0.6) is 5.75 Å². The van der Waals surface area contributed by atoms with Gasteiger partial charge in [-0.15, -0.1) is 0 Å². The average Bonchev–Trinajstić information content (AvgIpc) is 2.65. The van der Waals surface area contributed by atoms with Gasteiger partial charge in [0.05, 0.1) is 5.92 Å². The Hall–Kier alpha value is -2.94. The second-order valence-corrected chi connectivity index (χ2v) is 7.91. The maximum atomic E-state index is 12.7. The number of nitrogen functional groups attached to an aromatic ring is 1. The summed E-state index contributed by atoms with van der Waals surface area (Å²) in [6, 6.07) is 7.22. The molecule has 0 spiro atoms. The molecule has 2 unspecified atom stereocenters. The smallest absolute Gasteiger partial charge is 0.230 e. The summed E-state index contributed by atoms with van der Waals surface area (Å²) >= 11 is 0. The quantitative estimate of drug-likeness (QED) is 0.671. The second kappa shape index (κ2) is 8.60. The third-order valence-corrected chi connectivity index (χ3v) is 5.13. The molecule has 3 rings (SSSR count). The number of amides is 1. The zero-order chi connectivity index (χ0) is 21.0. The Balaban J connectivity index is 1.65. The zero-order valence-electron chi connectivity index (χ0n) is 17.2. The van der Waals surface area contributed by atoms with Gasteiger partial charge in [0.1, 0.15) is 12.4 Å². The Morgan fingerprint density at radius 1 is 1.31 bits per heavy atom. The molecule has 1 aromatic carbocycles. The van der Waals surface area contributed by atoms with Gasteiger partial charge in [0.15, 0.2) is 5.82 Å². The summed E-state index contributed by atoms with van der Waals surface area (Å²) in [6.45, 7) is 2.09. The molecule has 2 atom stereocenters. The van der Waals surface area contributed by atoms with Gasteiger partial charge < -0.3 is 26.4 Å². The minimum absolute atomic E-state index is 0.0484. The molecule has 1 fully saturated rings. The first-order valence-electron chi connectivity index (χ1n) is 9.75. The monoisotopic (exact) mass is 399 g/mol. The van der Waals surface area contributed by atoms with E-state index in [1.807, 2.05) is 33.2 Å². The summed E-state index contributed by atoms with van der Waals surface area (Å²) in [5.41, 5.74) is 12.3. The van der Waals surface area contributed by atoms with Crippen LogP contribution < -0.4 is 26.4 Å². The normalized spacial score (nSPS) is 21.4. The van der Waals surface area contributed by atoms with Gasteiger partial charge in [0.25, 0.3) is 0 Å². The summed E-state index contributed by atoms with van der Waals surface area (Å²) < 4.78 is 5.79. The fourth-order valence-corrected chi connectivity index (χ4v) is 3.52. The highest BCUT2D eigenvalue weighted by molar-refractivity contribution is 5.93. The van der Waals surface area contributed by atoms with E-state index >= 15 is 0 Å². The maximum absolute atomic E-state index is 12.7. The molecule has 5 N–H and O–H groups in total. The molecule has 0 radical (unpaired) electrons. The van der Waals surface area contributed by atoms with Crippen molar-refractivity contribution >= 4 is 23.5 Å². The molecule has 2 aromatic rings. The summed E-state index contributed by atoms with van der Waals surface area (Å²) in [6.07, 6.45) is 3.76. The molecule has 0 aliphatic heterocycles. The van der Waals surface area contributed by atoms with Gasteiger partial charge in [-0.05, 0) is 31.9 Å². The number of rotatable bonds is 6. The lowest BCUT2D eigenvalue weighted by Gasteiger charge is -2.37. The molecule has 1 heterocycles. The number of nitrogens with zero attached hydrogens (tertiary/aromatic N) is 4. The number of hydrogen-bond donors (Lipinski definition) is 3. The van der Waals surface area contributed by atoms with Crippen molar-refractivity contribution in [2.45, 2.75) is 44.8 Å². The predicted octanol–water partition coefficient (Wildman–Crippen LogP) is 1.94. The van der Waals surface area contributed by atoms with E-state index < -0.39 is 5.54 Å². The van der Waals surface area contributed by atoms with E-state index in [9.17, 15) is 4.79 Å². The molecule has 1 aliphatic carbocycles. The highest BCUT2D eigenvalue weighted by atomic mass is 16.5. The molecule has 1 saturated carbocycles. The van der Waals surface area contributed by atoms with Gasteiger partial charge in [-0.2, -0.15) is 15.0 Å². The lowest BCUT2D eigenvalue weighted by molar-refractivity contribution is -0.122. The lowest BCUT2D eigenvalue weighted by Crippen LogP contribution is -2.51. The van der Waals surface area contributed by atoms with Crippen LogP contribution in [0.2, 0.25) is 0 Å². The van der Waals surface area contributed by atoms with Crippen molar-refractivity contribution in [1.29, 1.82) is 0 Å². The van der Waals surface area contributed by atoms with E-state index in [1.54, 1.807) is 17.0 Å². The number of benzene rings is 1. The largest absolute Gasteiger partial charge is 0.486 e. The Kier molecular flexibility index (Phi) is 6.17. The highest BCUT2D eigenvalue weighted by Crippen LogP contribution is 2.32.